The number of benzene rings is 4. The summed E-state index contributed by atoms with van der Waals surface area (Å²) in [5, 5.41) is 6.43. The molecule has 33 heavy (non-hydrogen) atoms. The lowest BCUT2D eigenvalue weighted by atomic mass is 9.95. The maximum atomic E-state index is 13.3. The summed E-state index contributed by atoms with van der Waals surface area (Å²) < 4.78 is 5.83. The van der Waals surface area contributed by atoms with Gasteiger partial charge in [0, 0.05) is 26.2 Å². The molecule has 0 atom stereocenters. The van der Waals surface area contributed by atoms with Gasteiger partial charge in [0.25, 0.3) is 5.91 Å². The molecule has 4 rings (SSSR count). The minimum absolute atomic E-state index is 0.136. The second-order valence-electron chi connectivity index (χ2n) is 8.03. The van der Waals surface area contributed by atoms with E-state index in [2.05, 4.69) is 30.3 Å². The van der Waals surface area contributed by atoms with E-state index in [1.807, 2.05) is 58.0 Å². The molecule has 0 heterocycles. The van der Waals surface area contributed by atoms with Gasteiger partial charge in [-0.25, -0.2) is 4.79 Å². The van der Waals surface area contributed by atoms with Crippen molar-refractivity contribution in [3.63, 3.8) is 0 Å². The van der Waals surface area contributed by atoms with Crippen molar-refractivity contribution in [2.24, 2.45) is 0 Å². The number of hydrogen-bond acceptors (Lipinski definition) is 3. The Morgan fingerprint density at radius 1 is 0.667 bits per heavy atom. The SMILES string of the molecule is CCN(CC)C(=O)Oc1cc2c(ccc3c4ccccc4ccc23)cc1C(=O)N(CC)CC. The van der Waals surface area contributed by atoms with Crippen molar-refractivity contribution in [2.45, 2.75) is 27.7 Å². The van der Waals surface area contributed by atoms with Gasteiger partial charge < -0.3 is 14.5 Å². The molecule has 4 aromatic carbocycles. The number of carbonyl (C=O) groups is 2. The Balaban J connectivity index is 1.95. The summed E-state index contributed by atoms with van der Waals surface area (Å²) in [6.45, 7) is 9.96. The zero-order valence-corrected chi connectivity index (χ0v) is 19.7. The first-order chi connectivity index (χ1) is 16.0. The van der Waals surface area contributed by atoms with Crippen molar-refractivity contribution in [1.82, 2.24) is 9.80 Å². The van der Waals surface area contributed by atoms with Gasteiger partial charge in [0.05, 0.1) is 5.56 Å². The first kappa shape index (κ1) is 22.6. The smallest absolute Gasteiger partial charge is 0.409 e. The average Bonchev–Trinajstić information content (AvgIpc) is 2.84. The zero-order chi connectivity index (χ0) is 23.5. The average molecular weight is 443 g/mol. The highest BCUT2D eigenvalue weighted by Crippen LogP contribution is 2.35. The van der Waals surface area contributed by atoms with Gasteiger partial charge in [0.2, 0.25) is 0 Å². The van der Waals surface area contributed by atoms with Gasteiger partial charge >= 0.3 is 6.09 Å². The lowest BCUT2D eigenvalue weighted by Gasteiger charge is -2.23. The topological polar surface area (TPSA) is 49.9 Å². The van der Waals surface area contributed by atoms with Gasteiger partial charge in [-0.05, 0) is 72.1 Å². The van der Waals surface area contributed by atoms with Crippen LogP contribution in [0.15, 0.2) is 60.7 Å². The number of rotatable bonds is 6. The van der Waals surface area contributed by atoms with Crippen molar-refractivity contribution in [3.05, 3.63) is 66.2 Å². The Morgan fingerprint density at radius 2 is 1.27 bits per heavy atom. The molecule has 5 nitrogen and oxygen atoms in total. The molecule has 4 aromatic rings. The number of amides is 2. The third-order valence-corrected chi connectivity index (χ3v) is 6.34. The van der Waals surface area contributed by atoms with Crippen molar-refractivity contribution in [2.75, 3.05) is 26.2 Å². The summed E-state index contributed by atoms with van der Waals surface area (Å²) in [7, 11) is 0. The molecule has 0 aromatic heterocycles. The van der Waals surface area contributed by atoms with Crippen LogP contribution in [0.25, 0.3) is 32.3 Å². The number of fused-ring (bicyclic) bond motifs is 5. The molecule has 5 heteroatoms. The highest BCUT2D eigenvalue weighted by molar-refractivity contribution is 6.18. The lowest BCUT2D eigenvalue weighted by molar-refractivity contribution is 0.0769. The Morgan fingerprint density at radius 3 is 1.94 bits per heavy atom. The van der Waals surface area contributed by atoms with Crippen molar-refractivity contribution < 1.29 is 14.3 Å². The summed E-state index contributed by atoms with van der Waals surface area (Å²) in [6, 6.07) is 20.3. The number of ether oxygens (including phenoxy) is 1. The van der Waals surface area contributed by atoms with Gasteiger partial charge in [0.15, 0.2) is 0 Å². The van der Waals surface area contributed by atoms with Crippen LogP contribution in [0.4, 0.5) is 4.79 Å². The molecule has 0 aliphatic carbocycles. The molecule has 0 saturated carbocycles. The summed E-state index contributed by atoms with van der Waals surface area (Å²) in [4.78, 5) is 29.5. The van der Waals surface area contributed by atoms with Crippen molar-refractivity contribution >= 4 is 44.3 Å². The highest BCUT2D eigenvalue weighted by Gasteiger charge is 2.22. The van der Waals surface area contributed by atoms with Crippen LogP contribution in [-0.4, -0.2) is 48.0 Å². The van der Waals surface area contributed by atoms with Crippen LogP contribution < -0.4 is 4.74 Å². The molecule has 0 aliphatic rings. The van der Waals surface area contributed by atoms with E-state index in [-0.39, 0.29) is 5.91 Å². The molecule has 0 saturated heterocycles. The predicted octanol–water partition coefficient (Wildman–Crippen LogP) is 6.47. The first-order valence-electron chi connectivity index (χ1n) is 11.7. The van der Waals surface area contributed by atoms with E-state index >= 15 is 0 Å². The third kappa shape index (κ3) is 4.11. The largest absolute Gasteiger partial charge is 0.415 e. The quantitative estimate of drug-likeness (QED) is 0.322. The van der Waals surface area contributed by atoms with E-state index < -0.39 is 6.09 Å². The Bertz CT molecular complexity index is 1340. The Kier molecular flexibility index (Phi) is 6.50. The first-order valence-corrected chi connectivity index (χ1v) is 11.7. The molecule has 0 spiro atoms. The van der Waals surface area contributed by atoms with Crippen LogP contribution in [0.5, 0.6) is 5.75 Å². The van der Waals surface area contributed by atoms with E-state index in [9.17, 15) is 9.59 Å². The molecule has 0 fully saturated rings. The molecule has 2 amide bonds. The van der Waals surface area contributed by atoms with Gasteiger partial charge in [-0.15, -0.1) is 0 Å². The fourth-order valence-corrected chi connectivity index (χ4v) is 4.42. The predicted molar refractivity (Wildman–Crippen MR) is 135 cm³/mol. The van der Waals surface area contributed by atoms with E-state index in [4.69, 9.17) is 4.74 Å². The second-order valence-corrected chi connectivity index (χ2v) is 8.03. The van der Waals surface area contributed by atoms with Crippen LogP contribution in [-0.2, 0) is 0 Å². The van der Waals surface area contributed by atoms with Crippen molar-refractivity contribution in [3.8, 4) is 5.75 Å². The molecule has 0 bridgehead atoms. The standard InChI is InChI=1S/C28H30N2O3/c1-5-29(6-2)27(31)25-17-20-14-16-22-21-12-10-9-11-19(21)13-15-23(22)24(20)18-26(25)33-28(32)30(7-3)8-4/h9-18H,5-8H2,1-4H3. The maximum Gasteiger partial charge on any atom is 0.415 e. The van der Waals surface area contributed by atoms with E-state index in [0.29, 0.717) is 37.5 Å². The monoisotopic (exact) mass is 442 g/mol. The zero-order valence-electron chi connectivity index (χ0n) is 19.7. The third-order valence-electron chi connectivity index (χ3n) is 6.34. The number of hydrogen-bond donors (Lipinski definition) is 0. The summed E-state index contributed by atoms with van der Waals surface area (Å²) >= 11 is 0. The van der Waals surface area contributed by atoms with Crippen LogP contribution >= 0.6 is 0 Å². The van der Waals surface area contributed by atoms with Gasteiger partial charge in [-0.2, -0.15) is 0 Å². The van der Waals surface area contributed by atoms with Gasteiger partial charge in [-0.1, -0.05) is 48.5 Å². The molecule has 0 aliphatic heterocycles. The second kappa shape index (κ2) is 9.49. The van der Waals surface area contributed by atoms with Crippen LogP contribution in [0.2, 0.25) is 0 Å². The Hall–Kier alpha value is -3.60. The molecule has 0 N–H and O–H groups in total. The molecular formula is C28H30N2O3. The highest BCUT2D eigenvalue weighted by atomic mass is 16.6. The maximum absolute atomic E-state index is 13.3. The fourth-order valence-electron chi connectivity index (χ4n) is 4.42. The molecular weight excluding hydrogens is 412 g/mol. The normalized spacial score (nSPS) is 11.2. The summed E-state index contributed by atoms with van der Waals surface area (Å²) in [5.41, 5.74) is 0.409. The van der Waals surface area contributed by atoms with Crippen LogP contribution in [0.1, 0.15) is 38.1 Å². The van der Waals surface area contributed by atoms with Gasteiger partial charge in [0.1, 0.15) is 5.75 Å². The van der Waals surface area contributed by atoms with Gasteiger partial charge in [-0.3, -0.25) is 4.79 Å². The van der Waals surface area contributed by atoms with Crippen molar-refractivity contribution in [1.29, 1.82) is 0 Å². The van der Waals surface area contributed by atoms with Crippen LogP contribution in [0.3, 0.4) is 0 Å². The minimum Gasteiger partial charge on any atom is -0.409 e. The minimum atomic E-state index is -0.446. The fraction of sp³-hybridized carbons (Fsp3) is 0.286. The molecule has 0 unspecified atom stereocenters. The lowest BCUT2D eigenvalue weighted by Crippen LogP contribution is -2.34. The number of carbonyl (C=O) groups excluding carboxylic acids is 2. The van der Waals surface area contributed by atoms with E-state index in [1.165, 1.54) is 10.8 Å². The Labute approximate surface area is 194 Å². The number of nitrogens with zero attached hydrogens (tertiary/aromatic N) is 2. The van der Waals surface area contributed by atoms with Crippen LogP contribution in [0, 0.1) is 0 Å². The summed E-state index contributed by atoms with van der Waals surface area (Å²) in [5.74, 6) is 0.166. The van der Waals surface area contributed by atoms with E-state index in [1.54, 1.807) is 9.80 Å². The molecule has 0 radical (unpaired) electrons. The summed E-state index contributed by atoms with van der Waals surface area (Å²) in [6.07, 6.45) is -0.446. The van der Waals surface area contributed by atoms with E-state index in [0.717, 1.165) is 21.5 Å². The molecule has 170 valence electrons.